The van der Waals surface area contributed by atoms with Crippen molar-refractivity contribution in [3.05, 3.63) is 49.8 Å². The molecule has 1 aromatic carbocycles. The topological polar surface area (TPSA) is 72.6 Å². The van der Waals surface area contributed by atoms with E-state index in [0.717, 1.165) is 16.9 Å². The minimum absolute atomic E-state index is 0.110. The van der Waals surface area contributed by atoms with E-state index in [2.05, 4.69) is 0 Å². The molecule has 0 radical (unpaired) electrons. The molecule has 0 aliphatic carbocycles. The van der Waals surface area contributed by atoms with E-state index in [4.69, 9.17) is 16.3 Å². The van der Waals surface area contributed by atoms with Gasteiger partial charge in [0.2, 0.25) is 0 Å². The molecule has 2 rings (SSSR count). The lowest BCUT2D eigenvalue weighted by Gasteiger charge is -2.06. The standard InChI is InChI=1S/C13H12ClNO4S/c1-7-3-4-9(14)11(5-7)19-13-10(15(17)18)6-12(20-13)8(2)16/h3-6,8,16H,1-2H3/t8-/m1/s1. The number of aryl methyl sites for hydroxylation is 1. The van der Waals surface area contributed by atoms with Gasteiger partial charge in [0.15, 0.2) is 0 Å². The molecule has 0 aliphatic rings. The van der Waals surface area contributed by atoms with Gasteiger partial charge in [-0.05, 0) is 31.5 Å². The first kappa shape index (κ1) is 14.8. The van der Waals surface area contributed by atoms with Crippen LogP contribution in [0.15, 0.2) is 24.3 Å². The Bertz CT molecular complexity index is 654. The number of hydrogen-bond acceptors (Lipinski definition) is 5. The van der Waals surface area contributed by atoms with Crippen molar-refractivity contribution in [1.82, 2.24) is 0 Å². The van der Waals surface area contributed by atoms with Gasteiger partial charge in [0.05, 0.1) is 16.0 Å². The van der Waals surface area contributed by atoms with E-state index >= 15 is 0 Å². The van der Waals surface area contributed by atoms with Crippen molar-refractivity contribution >= 4 is 28.6 Å². The molecular formula is C13H12ClNO4S. The summed E-state index contributed by atoms with van der Waals surface area (Å²) in [4.78, 5) is 10.9. The van der Waals surface area contributed by atoms with Crippen molar-refractivity contribution < 1.29 is 14.8 Å². The summed E-state index contributed by atoms with van der Waals surface area (Å²) in [6, 6.07) is 6.50. The third-order valence-electron chi connectivity index (χ3n) is 2.60. The lowest BCUT2D eigenvalue weighted by molar-refractivity contribution is -0.385. The molecule has 20 heavy (non-hydrogen) atoms. The van der Waals surface area contributed by atoms with Gasteiger partial charge in [-0.2, -0.15) is 0 Å². The summed E-state index contributed by atoms with van der Waals surface area (Å²) in [6.45, 7) is 3.41. The number of halogens is 1. The molecule has 0 saturated carbocycles. The molecule has 0 amide bonds. The average Bonchev–Trinajstić information content (AvgIpc) is 2.78. The Kier molecular flexibility index (Phi) is 4.27. The first-order valence-electron chi connectivity index (χ1n) is 5.78. The Morgan fingerprint density at radius 3 is 2.75 bits per heavy atom. The van der Waals surface area contributed by atoms with Gasteiger partial charge in [0.25, 0.3) is 5.06 Å². The summed E-state index contributed by atoms with van der Waals surface area (Å²) in [6.07, 6.45) is -0.788. The molecular weight excluding hydrogens is 302 g/mol. The Labute approximate surface area is 124 Å². The predicted molar refractivity (Wildman–Crippen MR) is 77.9 cm³/mol. The minimum Gasteiger partial charge on any atom is -0.438 e. The molecule has 0 unspecified atom stereocenters. The van der Waals surface area contributed by atoms with Gasteiger partial charge in [-0.3, -0.25) is 10.1 Å². The second-order valence-corrected chi connectivity index (χ2v) is 5.74. The Balaban J connectivity index is 2.42. The number of nitrogens with zero attached hydrogens (tertiary/aromatic N) is 1. The number of aliphatic hydroxyl groups is 1. The minimum atomic E-state index is -0.788. The van der Waals surface area contributed by atoms with Gasteiger partial charge < -0.3 is 9.84 Å². The lowest BCUT2D eigenvalue weighted by Crippen LogP contribution is -1.90. The van der Waals surface area contributed by atoms with Gasteiger partial charge in [-0.15, -0.1) is 0 Å². The van der Waals surface area contributed by atoms with E-state index < -0.39 is 11.0 Å². The van der Waals surface area contributed by atoms with Crippen LogP contribution in [0.5, 0.6) is 10.8 Å². The smallest absolute Gasteiger partial charge is 0.323 e. The van der Waals surface area contributed by atoms with Crippen molar-refractivity contribution in [3.8, 4) is 10.8 Å². The quantitative estimate of drug-likeness (QED) is 0.668. The highest BCUT2D eigenvalue weighted by molar-refractivity contribution is 7.14. The summed E-state index contributed by atoms with van der Waals surface area (Å²) in [5.41, 5.74) is 0.753. The van der Waals surface area contributed by atoms with Crippen LogP contribution in [0.4, 0.5) is 5.69 Å². The van der Waals surface area contributed by atoms with Gasteiger partial charge in [0, 0.05) is 10.9 Å². The Morgan fingerprint density at radius 2 is 2.15 bits per heavy atom. The van der Waals surface area contributed by atoms with Crippen LogP contribution in [0.25, 0.3) is 0 Å². The first-order chi connectivity index (χ1) is 9.38. The monoisotopic (exact) mass is 313 g/mol. The van der Waals surface area contributed by atoms with Crippen molar-refractivity contribution in [2.75, 3.05) is 0 Å². The second kappa shape index (κ2) is 5.78. The van der Waals surface area contributed by atoms with Crippen LogP contribution in [0.3, 0.4) is 0 Å². The molecule has 0 fully saturated rings. The van der Waals surface area contributed by atoms with Crippen LogP contribution < -0.4 is 4.74 Å². The van der Waals surface area contributed by atoms with E-state index in [-0.39, 0.29) is 10.8 Å². The van der Waals surface area contributed by atoms with E-state index in [1.165, 1.54) is 6.07 Å². The van der Waals surface area contributed by atoms with E-state index in [0.29, 0.717) is 15.6 Å². The number of hydrogen-bond donors (Lipinski definition) is 1. The van der Waals surface area contributed by atoms with E-state index in [1.54, 1.807) is 19.1 Å². The average molecular weight is 314 g/mol. The third-order valence-corrected chi connectivity index (χ3v) is 4.08. The van der Waals surface area contributed by atoms with Crippen molar-refractivity contribution in [2.45, 2.75) is 20.0 Å². The van der Waals surface area contributed by atoms with Gasteiger partial charge in [-0.1, -0.05) is 29.0 Å². The molecule has 1 aromatic heterocycles. The maximum atomic E-state index is 11.0. The Morgan fingerprint density at radius 1 is 1.45 bits per heavy atom. The number of ether oxygens (including phenoxy) is 1. The fourth-order valence-electron chi connectivity index (χ4n) is 1.58. The summed E-state index contributed by atoms with van der Waals surface area (Å²) in [5.74, 6) is 0.355. The van der Waals surface area contributed by atoms with Gasteiger partial charge in [-0.25, -0.2) is 0 Å². The van der Waals surface area contributed by atoms with Crippen LogP contribution in [-0.4, -0.2) is 10.0 Å². The maximum Gasteiger partial charge on any atom is 0.323 e. The summed E-state index contributed by atoms with van der Waals surface area (Å²) >= 11 is 7.04. The molecule has 106 valence electrons. The van der Waals surface area contributed by atoms with Crippen LogP contribution in [-0.2, 0) is 0 Å². The fourth-order valence-corrected chi connectivity index (χ4v) is 2.66. The van der Waals surface area contributed by atoms with Crippen molar-refractivity contribution in [1.29, 1.82) is 0 Å². The van der Waals surface area contributed by atoms with Crippen molar-refractivity contribution in [3.63, 3.8) is 0 Å². The molecule has 1 N–H and O–H groups in total. The number of benzene rings is 1. The molecule has 0 spiro atoms. The molecule has 0 bridgehead atoms. The highest BCUT2D eigenvalue weighted by Crippen LogP contribution is 2.43. The number of nitro groups is 1. The fraction of sp³-hybridized carbons (Fsp3) is 0.231. The largest absolute Gasteiger partial charge is 0.438 e. The number of aliphatic hydroxyl groups excluding tert-OH is 1. The normalized spacial score (nSPS) is 12.2. The van der Waals surface area contributed by atoms with Crippen molar-refractivity contribution in [2.24, 2.45) is 0 Å². The Hall–Kier alpha value is -1.63. The number of thiophene rings is 1. The summed E-state index contributed by atoms with van der Waals surface area (Å²) in [7, 11) is 0. The predicted octanol–water partition coefficient (Wildman–Crippen LogP) is 4.46. The zero-order chi connectivity index (χ0) is 14.9. The highest BCUT2D eigenvalue weighted by Gasteiger charge is 2.23. The highest BCUT2D eigenvalue weighted by atomic mass is 35.5. The summed E-state index contributed by atoms with van der Waals surface area (Å²) < 4.78 is 5.55. The maximum absolute atomic E-state index is 11.0. The van der Waals surface area contributed by atoms with Crippen LogP contribution in [0.1, 0.15) is 23.5 Å². The molecule has 2 aromatic rings. The van der Waals surface area contributed by atoms with Crippen LogP contribution in [0.2, 0.25) is 5.02 Å². The molecule has 1 atom stereocenters. The summed E-state index contributed by atoms with van der Waals surface area (Å²) in [5, 5.41) is 21.0. The molecule has 7 heteroatoms. The first-order valence-corrected chi connectivity index (χ1v) is 6.98. The number of rotatable bonds is 4. The van der Waals surface area contributed by atoms with Gasteiger partial charge in [0.1, 0.15) is 5.75 Å². The molecule has 5 nitrogen and oxygen atoms in total. The van der Waals surface area contributed by atoms with E-state index in [9.17, 15) is 15.2 Å². The SMILES string of the molecule is Cc1ccc(Cl)c(Oc2sc([C@@H](C)O)cc2[N+](=O)[O-])c1. The molecule has 1 heterocycles. The molecule has 0 aliphatic heterocycles. The van der Waals surface area contributed by atoms with Crippen LogP contribution in [0, 0.1) is 17.0 Å². The lowest BCUT2D eigenvalue weighted by atomic mass is 10.2. The van der Waals surface area contributed by atoms with Gasteiger partial charge >= 0.3 is 5.69 Å². The van der Waals surface area contributed by atoms with Crippen LogP contribution >= 0.6 is 22.9 Å². The molecule has 0 saturated heterocycles. The zero-order valence-electron chi connectivity index (χ0n) is 10.8. The zero-order valence-corrected chi connectivity index (χ0v) is 12.4. The second-order valence-electron chi connectivity index (χ2n) is 4.29. The van der Waals surface area contributed by atoms with E-state index in [1.807, 2.05) is 13.0 Å². The third kappa shape index (κ3) is 3.09.